The molecule has 3 atom stereocenters. The lowest BCUT2D eigenvalue weighted by molar-refractivity contribution is -0.135. The van der Waals surface area contributed by atoms with Crippen molar-refractivity contribution >= 4 is 55.8 Å². The summed E-state index contributed by atoms with van der Waals surface area (Å²) < 4.78 is 6.15. The van der Waals surface area contributed by atoms with Gasteiger partial charge in [0.15, 0.2) is 12.1 Å². The number of hydrazone groups is 1. The number of fused-ring (bicyclic) bond motifs is 2. The number of benzene rings is 4. The van der Waals surface area contributed by atoms with Crippen LogP contribution in [0.1, 0.15) is 23.6 Å². The monoisotopic (exact) mass is 636 g/mol. The van der Waals surface area contributed by atoms with Crippen molar-refractivity contribution in [3.63, 3.8) is 0 Å². The number of anilines is 1. The van der Waals surface area contributed by atoms with Crippen LogP contribution in [0, 0.1) is 0 Å². The van der Waals surface area contributed by atoms with Gasteiger partial charge in [0, 0.05) is 10.9 Å². The van der Waals surface area contributed by atoms with Crippen LogP contribution in [0.4, 0.5) is 5.69 Å². The number of imide groups is 1. The van der Waals surface area contributed by atoms with Crippen molar-refractivity contribution in [2.24, 2.45) is 15.4 Å². The zero-order valence-electron chi connectivity index (χ0n) is 23.0. The summed E-state index contributed by atoms with van der Waals surface area (Å²) in [6.45, 7) is -0.265. The Balaban J connectivity index is 1.17. The topological polar surface area (TPSA) is 107 Å². The number of amides is 3. The standard InChI is InChI=1S/C32H25BrN6O4/c1-43-25-14-8-20(9-15-25)27-17-26(22-7-6-19-4-2-3-5-21(19)16-22)35-39(27)28(40)18-37-30-29(34-36-37)31(41)38(32(30)42)24-12-10-23(33)11-13-24/h2-16,27,29-30H,17-18H2,1H3/t27-,29+,30-/m0/s1. The zero-order chi connectivity index (χ0) is 29.7. The average Bonchev–Trinajstić information content (AvgIpc) is 3.73. The highest BCUT2D eigenvalue weighted by molar-refractivity contribution is 9.10. The fourth-order valence-corrected chi connectivity index (χ4v) is 6.04. The SMILES string of the molecule is COc1ccc([C@@H]2CC(c3ccc4ccccc4c3)=NN2C(=O)CN2N=N[C@H]3C(=O)N(c4ccc(Br)cc4)C(=O)[C@H]32)cc1. The summed E-state index contributed by atoms with van der Waals surface area (Å²) in [6, 6.07) is 26.3. The number of carbonyl (C=O) groups excluding carboxylic acids is 3. The molecular formula is C32H25BrN6O4. The molecule has 0 aliphatic carbocycles. The van der Waals surface area contributed by atoms with Gasteiger partial charge >= 0.3 is 0 Å². The van der Waals surface area contributed by atoms with Crippen LogP contribution in [0.5, 0.6) is 5.75 Å². The Labute approximate surface area is 255 Å². The van der Waals surface area contributed by atoms with Crippen LogP contribution in [0.25, 0.3) is 10.8 Å². The van der Waals surface area contributed by atoms with Gasteiger partial charge in [-0.05, 0) is 64.4 Å². The molecule has 10 nitrogen and oxygen atoms in total. The minimum atomic E-state index is -1.00. The van der Waals surface area contributed by atoms with Crippen LogP contribution in [0.2, 0.25) is 0 Å². The number of carbonyl (C=O) groups is 3. The first-order valence-electron chi connectivity index (χ1n) is 13.7. The predicted octanol–water partition coefficient (Wildman–Crippen LogP) is 5.28. The molecule has 4 aromatic carbocycles. The Bertz CT molecular complexity index is 1820. The van der Waals surface area contributed by atoms with E-state index in [1.807, 2.05) is 54.6 Å². The summed E-state index contributed by atoms with van der Waals surface area (Å²) in [5.74, 6) is -0.592. The highest BCUT2D eigenvalue weighted by Gasteiger charge is 2.55. The highest BCUT2D eigenvalue weighted by atomic mass is 79.9. The molecular weight excluding hydrogens is 612 g/mol. The molecule has 1 saturated heterocycles. The number of methoxy groups -OCH3 is 1. The summed E-state index contributed by atoms with van der Waals surface area (Å²) in [5.41, 5.74) is 3.03. The van der Waals surface area contributed by atoms with Crippen LogP contribution >= 0.6 is 15.9 Å². The second-order valence-corrected chi connectivity index (χ2v) is 11.4. The Morgan fingerprint density at radius 3 is 2.42 bits per heavy atom. The van der Waals surface area contributed by atoms with Gasteiger partial charge in [-0.3, -0.25) is 19.4 Å². The normalized spacial score (nSPS) is 21.1. The fraction of sp³-hybridized carbons (Fsp3) is 0.188. The second-order valence-electron chi connectivity index (χ2n) is 10.5. The molecule has 214 valence electrons. The number of hydrogen-bond donors (Lipinski definition) is 0. The molecule has 0 bridgehead atoms. The molecule has 7 rings (SSSR count). The first kappa shape index (κ1) is 27.0. The number of ether oxygens (including phenoxy) is 1. The maximum absolute atomic E-state index is 13.9. The molecule has 0 radical (unpaired) electrons. The fourth-order valence-electron chi connectivity index (χ4n) is 5.78. The van der Waals surface area contributed by atoms with Gasteiger partial charge in [0.2, 0.25) is 0 Å². The molecule has 4 aromatic rings. The van der Waals surface area contributed by atoms with Crippen LogP contribution in [0.3, 0.4) is 0 Å². The van der Waals surface area contributed by atoms with Crippen LogP contribution < -0.4 is 9.64 Å². The van der Waals surface area contributed by atoms with Crippen molar-refractivity contribution < 1.29 is 19.1 Å². The van der Waals surface area contributed by atoms with Crippen LogP contribution in [-0.2, 0) is 14.4 Å². The predicted molar refractivity (Wildman–Crippen MR) is 163 cm³/mol. The summed E-state index contributed by atoms with van der Waals surface area (Å²) in [5, 5.41) is 17.9. The second kappa shape index (κ2) is 10.7. The van der Waals surface area contributed by atoms with E-state index < -0.39 is 23.9 Å². The first-order valence-corrected chi connectivity index (χ1v) is 14.5. The number of hydrogen-bond acceptors (Lipinski definition) is 8. The number of halogens is 1. The van der Waals surface area contributed by atoms with Gasteiger partial charge < -0.3 is 4.74 Å². The van der Waals surface area contributed by atoms with Crippen molar-refractivity contribution in [2.45, 2.75) is 24.5 Å². The van der Waals surface area contributed by atoms with Crippen LogP contribution in [-0.4, -0.2) is 59.2 Å². The van der Waals surface area contributed by atoms with Crippen molar-refractivity contribution in [1.29, 1.82) is 0 Å². The van der Waals surface area contributed by atoms with Crippen LogP contribution in [0.15, 0.2) is 111 Å². The molecule has 43 heavy (non-hydrogen) atoms. The summed E-state index contributed by atoms with van der Waals surface area (Å²) in [4.78, 5) is 41.6. The zero-order valence-corrected chi connectivity index (χ0v) is 24.6. The third-order valence-electron chi connectivity index (χ3n) is 7.99. The quantitative estimate of drug-likeness (QED) is 0.268. The van der Waals surface area contributed by atoms with Gasteiger partial charge in [-0.25, -0.2) is 9.91 Å². The smallest absolute Gasteiger partial charge is 0.264 e. The molecule has 0 N–H and O–H groups in total. The van der Waals surface area contributed by atoms with Crippen molar-refractivity contribution in [3.05, 3.63) is 107 Å². The summed E-state index contributed by atoms with van der Waals surface area (Å²) in [7, 11) is 1.60. The van der Waals surface area contributed by atoms with E-state index in [-0.39, 0.29) is 18.5 Å². The third kappa shape index (κ3) is 4.75. The molecule has 0 aromatic heterocycles. The van der Waals surface area contributed by atoms with E-state index in [0.29, 0.717) is 17.9 Å². The van der Waals surface area contributed by atoms with Crippen molar-refractivity contribution in [3.8, 4) is 5.75 Å². The Hall–Kier alpha value is -4.90. The lowest BCUT2D eigenvalue weighted by Crippen LogP contribution is -2.44. The van der Waals surface area contributed by atoms with E-state index in [9.17, 15) is 14.4 Å². The largest absolute Gasteiger partial charge is 0.497 e. The molecule has 0 unspecified atom stereocenters. The Kier molecular flexibility index (Phi) is 6.73. The van der Waals surface area contributed by atoms with Gasteiger partial charge in [0.05, 0.1) is 24.6 Å². The summed E-state index contributed by atoms with van der Waals surface area (Å²) >= 11 is 3.37. The van der Waals surface area contributed by atoms with Gasteiger partial charge in [0.1, 0.15) is 12.3 Å². The molecule has 1 fully saturated rings. The van der Waals surface area contributed by atoms with E-state index in [2.05, 4.69) is 38.4 Å². The summed E-state index contributed by atoms with van der Waals surface area (Å²) in [6.07, 6.45) is 0.499. The Morgan fingerprint density at radius 2 is 1.67 bits per heavy atom. The van der Waals surface area contributed by atoms with Gasteiger partial charge in [0.25, 0.3) is 17.7 Å². The highest BCUT2D eigenvalue weighted by Crippen LogP contribution is 2.36. The molecule has 0 spiro atoms. The molecule has 3 amide bonds. The van der Waals surface area contributed by atoms with E-state index in [1.165, 1.54) is 10.0 Å². The maximum atomic E-state index is 13.9. The van der Waals surface area contributed by atoms with E-state index in [0.717, 1.165) is 37.0 Å². The number of rotatable bonds is 6. The first-order chi connectivity index (χ1) is 20.9. The van der Waals surface area contributed by atoms with Crippen molar-refractivity contribution in [1.82, 2.24) is 10.0 Å². The molecule has 0 saturated carbocycles. The minimum Gasteiger partial charge on any atom is -0.497 e. The molecule has 3 aliphatic rings. The van der Waals surface area contributed by atoms with Gasteiger partial charge in [-0.1, -0.05) is 69.7 Å². The third-order valence-corrected chi connectivity index (χ3v) is 8.52. The lowest BCUT2D eigenvalue weighted by Gasteiger charge is -2.25. The number of nitrogens with zero attached hydrogens (tertiary/aromatic N) is 6. The Morgan fingerprint density at radius 1 is 0.930 bits per heavy atom. The average molecular weight is 637 g/mol. The molecule has 3 heterocycles. The molecule has 3 aliphatic heterocycles. The molecule has 11 heteroatoms. The minimum absolute atomic E-state index is 0.265. The van der Waals surface area contributed by atoms with E-state index >= 15 is 0 Å². The van der Waals surface area contributed by atoms with Gasteiger partial charge in [-0.2, -0.15) is 10.2 Å². The lowest BCUT2D eigenvalue weighted by atomic mass is 9.97. The van der Waals surface area contributed by atoms with Crippen molar-refractivity contribution in [2.75, 3.05) is 18.6 Å². The van der Waals surface area contributed by atoms with Gasteiger partial charge in [-0.15, -0.1) is 0 Å². The van der Waals surface area contributed by atoms with E-state index in [1.54, 1.807) is 31.4 Å². The van der Waals surface area contributed by atoms with E-state index in [4.69, 9.17) is 9.84 Å². The maximum Gasteiger partial charge on any atom is 0.264 e.